The van der Waals surface area contributed by atoms with Gasteiger partial charge in [-0.05, 0) is 41.3 Å². The van der Waals surface area contributed by atoms with Crippen molar-refractivity contribution >= 4 is 48.9 Å². The van der Waals surface area contributed by atoms with E-state index in [1.165, 1.54) is 11.0 Å². The topological polar surface area (TPSA) is 180 Å². The van der Waals surface area contributed by atoms with Crippen LogP contribution in [0.25, 0.3) is 0 Å². The summed E-state index contributed by atoms with van der Waals surface area (Å²) >= 11 is 7.21. The Balaban J connectivity index is 0. The molecule has 2 aliphatic rings. The van der Waals surface area contributed by atoms with E-state index in [1.54, 1.807) is 7.11 Å². The molecule has 2 heterocycles. The number of ether oxygens (including phenoxy) is 2. The molecular formula is C20H36N2O10P2S2. The van der Waals surface area contributed by atoms with Gasteiger partial charge >= 0.3 is 13.4 Å². The molecule has 3 rings (SSSR count). The highest BCUT2D eigenvalue weighted by atomic mass is 32.5. The van der Waals surface area contributed by atoms with Crippen molar-refractivity contribution in [3.05, 3.63) is 41.6 Å². The molecule has 36 heavy (non-hydrogen) atoms. The van der Waals surface area contributed by atoms with Crippen molar-refractivity contribution in [1.29, 1.82) is 0 Å². The van der Waals surface area contributed by atoms with Gasteiger partial charge in [0.15, 0.2) is 0 Å². The van der Waals surface area contributed by atoms with Gasteiger partial charge in [0.05, 0.1) is 26.9 Å². The minimum absolute atomic E-state index is 0.234. The normalized spacial score (nSPS) is 15.0. The first kappa shape index (κ1) is 36.9. The van der Waals surface area contributed by atoms with Gasteiger partial charge in [-0.1, -0.05) is 39.8 Å². The lowest BCUT2D eigenvalue weighted by molar-refractivity contribution is -0.138. The first-order valence-electron chi connectivity index (χ1n) is 10.8. The van der Waals surface area contributed by atoms with Crippen LogP contribution >= 0.6 is 13.4 Å². The van der Waals surface area contributed by atoms with E-state index in [-0.39, 0.29) is 18.4 Å². The van der Waals surface area contributed by atoms with Gasteiger partial charge in [-0.3, -0.25) is 14.5 Å². The molecule has 2 amide bonds. The standard InChI is InChI=1S/C16H18N2O4.2C2H6.2H3O3PS/c1-21-13-4-2-12(3-5-13)11-18-15(19)10-14(16(18)20)17-6-8-22-9-7-17;2*1-2;2*1-4(2,3)5/h2-5,10H,6-9,11H2,1H3;2*1-2H3;2*(H3,1,2,3,5). The lowest BCUT2D eigenvalue weighted by atomic mass is 10.2. The smallest absolute Gasteiger partial charge is 0.319 e. The molecule has 0 atom stereocenters. The number of carbonyl (C=O) groups is 2. The molecule has 0 bridgehead atoms. The summed E-state index contributed by atoms with van der Waals surface area (Å²) in [5, 5.41) is 0. The summed E-state index contributed by atoms with van der Waals surface area (Å²) in [6.45, 7) is 3.10. The molecule has 2 aliphatic heterocycles. The minimum atomic E-state index is -3.81. The molecule has 16 heteroatoms. The predicted molar refractivity (Wildman–Crippen MR) is 144 cm³/mol. The van der Waals surface area contributed by atoms with Crippen LogP contribution in [0.15, 0.2) is 36.0 Å². The Morgan fingerprint density at radius 2 is 1.31 bits per heavy atom. The number of benzene rings is 1. The number of carbonyl (C=O) groups excluding carboxylic acids is 2. The fourth-order valence-corrected chi connectivity index (χ4v) is 2.59. The summed E-state index contributed by atoms with van der Waals surface area (Å²) in [6, 6.07) is 7.34. The van der Waals surface area contributed by atoms with Crippen LogP contribution in [0.2, 0.25) is 0 Å². The molecule has 6 N–H and O–H groups in total. The van der Waals surface area contributed by atoms with Gasteiger partial charge in [0.1, 0.15) is 11.4 Å². The van der Waals surface area contributed by atoms with Crippen molar-refractivity contribution in [3.63, 3.8) is 0 Å². The fourth-order valence-electron chi connectivity index (χ4n) is 2.59. The van der Waals surface area contributed by atoms with E-state index >= 15 is 0 Å². The summed E-state index contributed by atoms with van der Waals surface area (Å²) in [5.41, 5.74) is 1.36. The van der Waals surface area contributed by atoms with Gasteiger partial charge in [-0.15, -0.1) is 0 Å². The molecule has 0 saturated carbocycles. The molecule has 12 nitrogen and oxygen atoms in total. The lowest BCUT2D eigenvalue weighted by Gasteiger charge is -2.29. The minimum Gasteiger partial charge on any atom is -0.497 e. The molecule has 1 aromatic rings. The Hall–Kier alpha value is -1.28. The zero-order valence-electron chi connectivity index (χ0n) is 20.8. The Bertz CT molecular complexity index is 877. The fraction of sp³-hybridized carbons (Fsp3) is 0.500. The second kappa shape index (κ2) is 18.9. The molecule has 1 saturated heterocycles. The summed E-state index contributed by atoms with van der Waals surface area (Å²) in [5.74, 6) is 0.250. The van der Waals surface area contributed by atoms with Gasteiger partial charge in [0.25, 0.3) is 11.8 Å². The predicted octanol–water partition coefficient (Wildman–Crippen LogP) is 1.21. The van der Waals surface area contributed by atoms with Gasteiger partial charge in [-0.2, -0.15) is 0 Å². The van der Waals surface area contributed by atoms with Crippen LogP contribution in [-0.2, 0) is 44.5 Å². The molecule has 0 aromatic heterocycles. The third-order valence-corrected chi connectivity index (χ3v) is 3.84. The number of imide groups is 1. The van der Waals surface area contributed by atoms with Crippen LogP contribution in [-0.4, -0.2) is 84.4 Å². The van der Waals surface area contributed by atoms with Gasteiger partial charge in [0, 0.05) is 19.2 Å². The van der Waals surface area contributed by atoms with E-state index in [0.29, 0.717) is 32.0 Å². The van der Waals surface area contributed by atoms with Crippen molar-refractivity contribution in [1.82, 2.24) is 9.80 Å². The van der Waals surface area contributed by atoms with Crippen molar-refractivity contribution < 1.29 is 48.4 Å². The number of amides is 2. The number of nitrogens with zero attached hydrogens (tertiary/aromatic N) is 2. The maximum Gasteiger partial charge on any atom is 0.319 e. The van der Waals surface area contributed by atoms with Crippen LogP contribution in [0.4, 0.5) is 0 Å². The quantitative estimate of drug-likeness (QED) is 0.218. The average molecular weight is 591 g/mol. The second-order valence-electron chi connectivity index (χ2n) is 6.23. The number of morpholine rings is 1. The molecular weight excluding hydrogens is 554 g/mol. The maximum atomic E-state index is 12.5. The Labute approximate surface area is 221 Å². The summed E-state index contributed by atoms with van der Waals surface area (Å²) in [6.07, 6.45) is 1.43. The third kappa shape index (κ3) is 18.0. The zero-order valence-corrected chi connectivity index (χ0v) is 24.3. The molecule has 0 unspecified atom stereocenters. The molecule has 0 radical (unpaired) electrons. The van der Waals surface area contributed by atoms with E-state index < -0.39 is 13.4 Å². The van der Waals surface area contributed by atoms with Crippen LogP contribution in [0.1, 0.15) is 33.3 Å². The first-order chi connectivity index (χ1) is 16.7. The van der Waals surface area contributed by atoms with Crippen LogP contribution in [0.3, 0.4) is 0 Å². The summed E-state index contributed by atoms with van der Waals surface area (Å²) in [4.78, 5) is 73.1. The highest BCUT2D eigenvalue weighted by Gasteiger charge is 2.34. The van der Waals surface area contributed by atoms with Crippen molar-refractivity contribution in [2.75, 3.05) is 33.4 Å². The van der Waals surface area contributed by atoms with Gasteiger partial charge < -0.3 is 43.7 Å². The van der Waals surface area contributed by atoms with Crippen molar-refractivity contribution in [2.24, 2.45) is 0 Å². The molecule has 0 aliphatic carbocycles. The number of methoxy groups -OCH3 is 1. The van der Waals surface area contributed by atoms with E-state index in [1.807, 2.05) is 56.9 Å². The Kier molecular flexibility index (Phi) is 19.3. The van der Waals surface area contributed by atoms with Gasteiger partial charge in [0.2, 0.25) is 0 Å². The molecule has 208 valence electrons. The largest absolute Gasteiger partial charge is 0.497 e. The monoisotopic (exact) mass is 590 g/mol. The van der Waals surface area contributed by atoms with Crippen LogP contribution < -0.4 is 4.74 Å². The third-order valence-electron chi connectivity index (χ3n) is 3.84. The van der Waals surface area contributed by atoms with Crippen LogP contribution in [0, 0.1) is 0 Å². The first-order valence-corrected chi connectivity index (χ1v) is 16.1. The van der Waals surface area contributed by atoms with Crippen molar-refractivity contribution in [2.45, 2.75) is 34.2 Å². The van der Waals surface area contributed by atoms with E-state index in [4.69, 9.17) is 38.8 Å². The lowest BCUT2D eigenvalue weighted by Crippen LogP contribution is -2.40. The van der Waals surface area contributed by atoms with E-state index in [2.05, 4.69) is 23.6 Å². The van der Waals surface area contributed by atoms with E-state index in [0.717, 1.165) is 11.3 Å². The maximum absolute atomic E-state index is 12.5. The van der Waals surface area contributed by atoms with Crippen molar-refractivity contribution in [3.8, 4) is 5.75 Å². The zero-order chi connectivity index (χ0) is 28.5. The second-order valence-corrected chi connectivity index (χ2v) is 11.2. The summed E-state index contributed by atoms with van der Waals surface area (Å²) < 4.78 is 10.4. The van der Waals surface area contributed by atoms with E-state index in [9.17, 15) is 9.59 Å². The number of hydrogen-bond donors (Lipinski definition) is 6. The molecule has 0 spiro atoms. The number of hydrogen-bond acceptors (Lipinski definition) is 7. The highest BCUT2D eigenvalue weighted by Crippen LogP contribution is 2.27. The SMILES string of the molecule is CC.CC.COc1ccc(CN2C(=O)C=C(N3CCOCC3)C2=O)cc1.OP(O)(O)=S.OP(O)(O)=S. The Morgan fingerprint density at radius 3 is 1.69 bits per heavy atom. The number of rotatable bonds is 4. The Morgan fingerprint density at radius 1 is 0.889 bits per heavy atom. The van der Waals surface area contributed by atoms with Crippen LogP contribution in [0.5, 0.6) is 5.75 Å². The van der Waals surface area contributed by atoms with Gasteiger partial charge in [-0.25, -0.2) is 0 Å². The summed E-state index contributed by atoms with van der Waals surface area (Å²) in [7, 11) is 1.60. The molecule has 1 aromatic carbocycles. The molecule has 1 fully saturated rings. The highest BCUT2D eigenvalue weighted by molar-refractivity contribution is 8.06. The average Bonchev–Trinajstić information content (AvgIpc) is 3.09.